The number of ether oxygens (including phenoxy) is 3. The molecule has 0 amide bonds. The minimum Gasteiger partial charge on any atom is -0.497 e. The Bertz CT molecular complexity index is 1220. The predicted octanol–water partition coefficient (Wildman–Crippen LogP) is 5.63. The molecule has 6 heteroatoms. The van der Waals surface area contributed by atoms with Gasteiger partial charge in [0.1, 0.15) is 24.0 Å². The number of carbonyl (C=O) groups is 1. The van der Waals surface area contributed by atoms with Crippen LogP contribution < -0.4 is 14.2 Å². The second-order valence-corrected chi connectivity index (χ2v) is 8.40. The van der Waals surface area contributed by atoms with Gasteiger partial charge >= 0.3 is 0 Å². The number of hydrogen-bond donors (Lipinski definition) is 0. The minimum absolute atomic E-state index is 0.117. The van der Waals surface area contributed by atoms with Gasteiger partial charge in [-0.05, 0) is 54.5 Å². The third-order valence-electron chi connectivity index (χ3n) is 5.73. The molecule has 0 saturated carbocycles. The summed E-state index contributed by atoms with van der Waals surface area (Å²) >= 11 is 5.96. The van der Waals surface area contributed by atoms with E-state index in [1.54, 1.807) is 25.3 Å². The number of fused-ring (bicyclic) bond motifs is 2. The molecule has 0 saturated heterocycles. The summed E-state index contributed by atoms with van der Waals surface area (Å²) in [5, 5.41) is 0.647. The molecular weight excluding hydrogens is 426 g/mol. The topological polar surface area (TPSA) is 48.0 Å². The van der Waals surface area contributed by atoms with Crippen molar-refractivity contribution in [2.75, 3.05) is 13.8 Å². The maximum atomic E-state index is 13.1. The van der Waals surface area contributed by atoms with Crippen molar-refractivity contribution in [3.63, 3.8) is 0 Å². The van der Waals surface area contributed by atoms with Crippen LogP contribution in [0.3, 0.4) is 0 Å². The predicted molar refractivity (Wildman–Crippen MR) is 123 cm³/mol. The van der Waals surface area contributed by atoms with Crippen molar-refractivity contribution in [1.82, 2.24) is 4.90 Å². The average Bonchev–Trinajstić information content (AvgIpc) is 3.11. The molecular formula is C26H22ClNO4. The largest absolute Gasteiger partial charge is 0.497 e. The van der Waals surface area contributed by atoms with Crippen LogP contribution in [0.5, 0.6) is 17.2 Å². The molecule has 0 unspecified atom stereocenters. The lowest BCUT2D eigenvalue weighted by Gasteiger charge is -2.30. The zero-order valence-corrected chi connectivity index (χ0v) is 18.6. The molecule has 0 aliphatic carbocycles. The Kier molecular flexibility index (Phi) is 5.37. The third kappa shape index (κ3) is 3.85. The van der Waals surface area contributed by atoms with Gasteiger partial charge in [-0.3, -0.25) is 9.69 Å². The highest BCUT2D eigenvalue weighted by Crippen LogP contribution is 2.43. The van der Waals surface area contributed by atoms with Crippen molar-refractivity contribution < 1.29 is 19.0 Å². The average molecular weight is 448 g/mol. The molecule has 0 bridgehead atoms. The first-order chi connectivity index (χ1) is 15.5. The molecule has 0 aromatic heterocycles. The fourth-order valence-corrected chi connectivity index (χ4v) is 4.22. The lowest BCUT2D eigenvalue weighted by Crippen LogP contribution is -2.32. The van der Waals surface area contributed by atoms with Crippen LogP contribution in [-0.2, 0) is 13.1 Å². The van der Waals surface area contributed by atoms with Crippen LogP contribution in [0.2, 0.25) is 5.02 Å². The van der Waals surface area contributed by atoms with E-state index < -0.39 is 0 Å². The summed E-state index contributed by atoms with van der Waals surface area (Å²) in [4.78, 5) is 15.2. The fraction of sp³-hybridized carbons (Fsp3) is 0.192. The van der Waals surface area contributed by atoms with Crippen LogP contribution in [0.25, 0.3) is 6.08 Å². The number of ketones is 1. The van der Waals surface area contributed by atoms with Gasteiger partial charge in [-0.25, -0.2) is 0 Å². The standard InChI is InChI=1S/C26H22ClNO4/c1-16-25-19(14-28(15-31-25)13-18-5-9-21(30-2)10-6-18)12-22-24(29)23(32-26(16)22)11-17-3-7-20(27)8-4-17/h3-12H,13-15H2,1-2H3/b23-11-. The maximum absolute atomic E-state index is 13.1. The molecule has 0 radical (unpaired) electrons. The molecule has 32 heavy (non-hydrogen) atoms. The van der Waals surface area contributed by atoms with E-state index in [1.165, 1.54) is 5.56 Å². The van der Waals surface area contributed by atoms with Crippen molar-refractivity contribution in [2.45, 2.75) is 20.0 Å². The van der Waals surface area contributed by atoms with E-state index in [0.29, 0.717) is 35.4 Å². The molecule has 0 N–H and O–H groups in total. The van der Waals surface area contributed by atoms with E-state index in [4.69, 9.17) is 25.8 Å². The Morgan fingerprint density at radius 2 is 1.84 bits per heavy atom. The van der Waals surface area contributed by atoms with E-state index >= 15 is 0 Å². The zero-order valence-electron chi connectivity index (χ0n) is 17.9. The summed E-state index contributed by atoms with van der Waals surface area (Å²) in [5.41, 5.74) is 4.45. The zero-order chi connectivity index (χ0) is 22.2. The summed E-state index contributed by atoms with van der Waals surface area (Å²) in [7, 11) is 1.66. The van der Waals surface area contributed by atoms with E-state index in [-0.39, 0.29) is 5.78 Å². The van der Waals surface area contributed by atoms with Gasteiger partial charge in [-0.1, -0.05) is 35.9 Å². The summed E-state index contributed by atoms with van der Waals surface area (Å²) in [5.74, 6) is 2.41. The Morgan fingerprint density at radius 1 is 1.09 bits per heavy atom. The Morgan fingerprint density at radius 3 is 2.56 bits per heavy atom. The summed E-state index contributed by atoms with van der Waals surface area (Å²) in [6.45, 7) is 3.85. The second-order valence-electron chi connectivity index (χ2n) is 7.97. The van der Waals surface area contributed by atoms with Crippen molar-refractivity contribution in [2.24, 2.45) is 0 Å². The molecule has 2 aliphatic heterocycles. The quantitative estimate of drug-likeness (QED) is 0.485. The van der Waals surface area contributed by atoms with Crippen LogP contribution in [-0.4, -0.2) is 24.5 Å². The molecule has 2 aliphatic rings. The monoisotopic (exact) mass is 447 g/mol. The number of Topliss-reactive ketones (excluding diaryl/α,β-unsaturated/α-hetero) is 1. The maximum Gasteiger partial charge on any atom is 0.231 e. The molecule has 2 heterocycles. The highest BCUT2D eigenvalue weighted by Gasteiger charge is 2.33. The first-order valence-electron chi connectivity index (χ1n) is 10.4. The number of carbonyl (C=O) groups excluding carboxylic acids is 1. The summed E-state index contributed by atoms with van der Waals surface area (Å²) in [6, 6.07) is 17.2. The van der Waals surface area contributed by atoms with Crippen LogP contribution >= 0.6 is 11.6 Å². The number of methoxy groups -OCH3 is 1. The Balaban J connectivity index is 1.39. The van der Waals surface area contributed by atoms with Gasteiger partial charge in [-0.2, -0.15) is 0 Å². The number of benzene rings is 3. The molecule has 0 spiro atoms. The van der Waals surface area contributed by atoms with E-state index in [0.717, 1.165) is 34.7 Å². The molecule has 162 valence electrons. The number of nitrogens with zero attached hydrogens (tertiary/aromatic N) is 1. The van der Waals surface area contributed by atoms with Gasteiger partial charge in [0.25, 0.3) is 0 Å². The van der Waals surface area contributed by atoms with Gasteiger partial charge in [0.05, 0.1) is 12.7 Å². The van der Waals surface area contributed by atoms with Crippen LogP contribution in [0.4, 0.5) is 0 Å². The highest BCUT2D eigenvalue weighted by atomic mass is 35.5. The highest BCUT2D eigenvalue weighted by molar-refractivity contribution is 6.30. The molecule has 0 fully saturated rings. The van der Waals surface area contributed by atoms with Crippen LogP contribution in [0.1, 0.15) is 32.6 Å². The molecule has 5 rings (SSSR count). The summed E-state index contributed by atoms with van der Waals surface area (Å²) in [6.07, 6.45) is 1.74. The van der Waals surface area contributed by atoms with Crippen molar-refractivity contribution >= 4 is 23.5 Å². The lowest BCUT2D eigenvalue weighted by atomic mass is 10.00. The van der Waals surface area contributed by atoms with Crippen molar-refractivity contribution in [3.8, 4) is 17.2 Å². The van der Waals surface area contributed by atoms with E-state index in [9.17, 15) is 4.79 Å². The molecule has 3 aromatic carbocycles. The molecule has 3 aromatic rings. The minimum atomic E-state index is -0.117. The second kappa shape index (κ2) is 8.34. The van der Waals surface area contributed by atoms with Crippen molar-refractivity contribution in [3.05, 3.63) is 93.2 Å². The van der Waals surface area contributed by atoms with Crippen molar-refractivity contribution in [1.29, 1.82) is 0 Å². The third-order valence-corrected chi connectivity index (χ3v) is 5.99. The SMILES string of the molecule is COc1ccc(CN2COc3c(cc4c(c3C)O/C(=C\c3ccc(Cl)cc3)C4=O)C2)cc1. The normalized spacial score (nSPS) is 16.3. The van der Waals surface area contributed by atoms with Gasteiger partial charge in [-0.15, -0.1) is 0 Å². The van der Waals surface area contributed by atoms with Gasteiger partial charge in [0.15, 0.2) is 5.76 Å². The van der Waals surface area contributed by atoms with E-state index in [1.807, 2.05) is 49.4 Å². The first kappa shape index (κ1) is 20.6. The lowest BCUT2D eigenvalue weighted by molar-refractivity contribution is 0.0876. The fourth-order valence-electron chi connectivity index (χ4n) is 4.10. The number of allylic oxidation sites excluding steroid dienone is 1. The molecule has 5 nitrogen and oxygen atoms in total. The summed E-state index contributed by atoms with van der Waals surface area (Å²) < 4.78 is 17.3. The number of halogens is 1. The molecule has 0 atom stereocenters. The van der Waals surface area contributed by atoms with Crippen LogP contribution in [0.15, 0.2) is 60.4 Å². The van der Waals surface area contributed by atoms with Crippen LogP contribution in [0, 0.1) is 6.92 Å². The smallest absolute Gasteiger partial charge is 0.231 e. The first-order valence-corrected chi connectivity index (χ1v) is 10.7. The van der Waals surface area contributed by atoms with Gasteiger partial charge < -0.3 is 14.2 Å². The number of rotatable bonds is 4. The number of hydrogen-bond acceptors (Lipinski definition) is 5. The Hall–Kier alpha value is -3.28. The van der Waals surface area contributed by atoms with Gasteiger partial charge in [0.2, 0.25) is 5.78 Å². The van der Waals surface area contributed by atoms with Gasteiger partial charge in [0, 0.05) is 29.2 Å². The Labute approximate surface area is 191 Å². The van der Waals surface area contributed by atoms with E-state index in [2.05, 4.69) is 4.90 Å².